The summed E-state index contributed by atoms with van der Waals surface area (Å²) in [5.41, 5.74) is 3.26. The Labute approximate surface area is 159 Å². The van der Waals surface area contributed by atoms with Gasteiger partial charge >= 0.3 is 11.9 Å². The third kappa shape index (κ3) is 7.76. The molecule has 0 aliphatic heterocycles. The van der Waals surface area contributed by atoms with Crippen LogP contribution < -0.4 is 0 Å². The fourth-order valence-corrected chi connectivity index (χ4v) is 3.00. The number of rotatable bonds is 12. The summed E-state index contributed by atoms with van der Waals surface area (Å²) in [7, 11) is 0. The molecule has 0 radical (unpaired) electrons. The highest BCUT2D eigenvalue weighted by atomic mass is 16.5. The van der Waals surface area contributed by atoms with E-state index in [2.05, 4.69) is 13.8 Å². The summed E-state index contributed by atoms with van der Waals surface area (Å²) in [4.78, 5) is 25.0. The lowest BCUT2D eigenvalue weighted by molar-refractivity contribution is -0.142. The van der Waals surface area contributed by atoms with Gasteiger partial charge in [0.2, 0.25) is 0 Å². The van der Waals surface area contributed by atoms with E-state index in [0.29, 0.717) is 37.2 Å². The zero-order chi connectivity index (χ0) is 19.4. The maximum atomic E-state index is 12.5. The van der Waals surface area contributed by atoms with Gasteiger partial charge < -0.3 is 9.47 Å². The number of hydrogen-bond donors (Lipinski definition) is 0. The van der Waals surface area contributed by atoms with E-state index in [1.54, 1.807) is 0 Å². The maximum absolute atomic E-state index is 12.5. The molecule has 0 bridgehead atoms. The van der Waals surface area contributed by atoms with Crippen molar-refractivity contribution in [2.75, 3.05) is 13.2 Å². The van der Waals surface area contributed by atoms with Gasteiger partial charge in [-0.3, -0.25) is 0 Å². The minimum atomic E-state index is -0.355. The van der Waals surface area contributed by atoms with Crippen LogP contribution in [0.3, 0.4) is 0 Å². The zero-order valence-corrected chi connectivity index (χ0v) is 17.1. The standard InChI is InChI=1S/C22H36O4/c1-5-7-9-11-13-25-21(23)19-15-17(3)18(4)16-20(19)22(24)26-14-12-10-8-6-2/h5-16H2,1-4H3. The van der Waals surface area contributed by atoms with Gasteiger partial charge in [-0.25, -0.2) is 9.59 Å². The van der Waals surface area contributed by atoms with Crippen molar-refractivity contribution in [3.05, 3.63) is 22.3 Å². The van der Waals surface area contributed by atoms with E-state index in [9.17, 15) is 9.59 Å². The molecule has 4 heteroatoms. The van der Waals surface area contributed by atoms with Crippen molar-refractivity contribution in [2.45, 2.75) is 91.9 Å². The molecule has 1 aliphatic carbocycles. The molecule has 4 nitrogen and oxygen atoms in total. The summed E-state index contributed by atoms with van der Waals surface area (Å²) in [6.07, 6.45) is 9.44. The van der Waals surface area contributed by atoms with Crippen molar-refractivity contribution in [1.82, 2.24) is 0 Å². The Morgan fingerprint density at radius 3 is 1.42 bits per heavy atom. The number of carbonyl (C=O) groups is 2. The minimum absolute atomic E-state index is 0.355. The predicted octanol–water partition coefficient (Wildman–Crippen LogP) is 5.66. The second-order valence-electron chi connectivity index (χ2n) is 7.26. The minimum Gasteiger partial charge on any atom is -0.462 e. The number of unbranched alkanes of at least 4 members (excludes halogenated alkanes) is 6. The first kappa shape index (κ1) is 22.5. The SMILES string of the molecule is CCCCCCOC(=O)C1=C(C(=O)OCCCCCC)CC(C)=C(C)C1. The lowest BCUT2D eigenvalue weighted by Gasteiger charge is -2.21. The molecule has 0 amide bonds. The Bertz CT molecular complexity index is 482. The second-order valence-corrected chi connectivity index (χ2v) is 7.26. The van der Waals surface area contributed by atoms with E-state index in [-0.39, 0.29) is 11.9 Å². The molecule has 1 aliphatic rings. The summed E-state index contributed by atoms with van der Waals surface area (Å²) < 4.78 is 10.8. The molecule has 0 saturated heterocycles. The summed E-state index contributed by atoms with van der Waals surface area (Å²) in [6.45, 7) is 9.16. The molecular formula is C22H36O4. The van der Waals surface area contributed by atoms with Crippen LogP contribution in [0.25, 0.3) is 0 Å². The highest BCUT2D eigenvalue weighted by Crippen LogP contribution is 2.31. The average molecular weight is 365 g/mol. The molecule has 26 heavy (non-hydrogen) atoms. The Morgan fingerprint density at radius 1 is 0.692 bits per heavy atom. The van der Waals surface area contributed by atoms with Crippen molar-refractivity contribution < 1.29 is 19.1 Å². The van der Waals surface area contributed by atoms with E-state index >= 15 is 0 Å². The molecule has 1 rings (SSSR count). The largest absolute Gasteiger partial charge is 0.462 e. The summed E-state index contributed by atoms with van der Waals surface area (Å²) in [5.74, 6) is -0.711. The molecule has 0 fully saturated rings. The van der Waals surface area contributed by atoms with Gasteiger partial charge in [0.25, 0.3) is 0 Å². The topological polar surface area (TPSA) is 52.6 Å². The molecule has 0 unspecified atom stereocenters. The molecule has 0 aromatic heterocycles. The third-order valence-electron chi connectivity index (χ3n) is 4.93. The molecule has 0 aromatic rings. The van der Waals surface area contributed by atoms with Crippen molar-refractivity contribution in [2.24, 2.45) is 0 Å². The van der Waals surface area contributed by atoms with E-state index in [4.69, 9.17) is 9.47 Å². The summed E-state index contributed by atoms with van der Waals surface area (Å²) in [6, 6.07) is 0. The van der Waals surface area contributed by atoms with Crippen LogP contribution in [0, 0.1) is 0 Å². The summed E-state index contributed by atoms with van der Waals surface area (Å²) >= 11 is 0. The van der Waals surface area contributed by atoms with Gasteiger partial charge in [0.15, 0.2) is 0 Å². The van der Waals surface area contributed by atoms with Crippen molar-refractivity contribution >= 4 is 11.9 Å². The Hall–Kier alpha value is -1.58. The number of ether oxygens (including phenoxy) is 2. The molecule has 0 aromatic carbocycles. The summed E-state index contributed by atoms with van der Waals surface area (Å²) in [5, 5.41) is 0. The number of esters is 2. The normalized spacial score (nSPS) is 14.6. The van der Waals surface area contributed by atoms with Crippen LogP contribution in [0.5, 0.6) is 0 Å². The molecule has 0 saturated carbocycles. The van der Waals surface area contributed by atoms with Crippen LogP contribution >= 0.6 is 0 Å². The van der Waals surface area contributed by atoms with E-state index in [1.807, 2.05) is 13.8 Å². The highest BCUT2D eigenvalue weighted by molar-refractivity contribution is 6.01. The van der Waals surface area contributed by atoms with E-state index in [1.165, 1.54) is 0 Å². The number of hydrogen-bond acceptors (Lipinski definition) is 4. The van der Waals surface area contributed by atoms with Crippen molar-refractivity contribution in [3.8, 4) is 0 Å². The van der Waals surface area contributed by atoms with Gasteiger partial charge in [0.05, 0.1) is 24.4 Å². The van der Waals surface area contributed by atoms with Crippen LogP contribution in [0.2, 0.25) is 0 Å². The molecule has 148 valence electrons. The predicted molar refractivity (Wildman–Crippen MR) is 105 cm³/mol. The molecule has 0 atom stereocenters. The van der Waals surface area contributed by atoms with Gasteiger partial charge in [-0.2, -0.15) is 0 Å². The first-order valence-corrected chi connectivity index (χ1v) is 10.2. The second kappa shape index (κ2) is 12.7. The smallest absolute Gasteiger partial charge is 0.334 e. The van der Waals surface area contributed by atoms with Gasteiger partial charge in [-0.05, 0) is 26.7 Å². The molecule has 0 spiro atoms. The fraction of sp³-hybridized carbons (Fsp3) is 0.727. The van der Waals surface area contributed by atoms with Gasteiger partial charge in [0, 0.05) is 12.8 Å². The monoisotopic (exact) mass is 364 g/mol. The van der Waals surface area contributed by atoms with E-state index in [0.717, 1.165) is 62.5 Å². The van der Waals surface area contributed by atoms with Crippen LogP contribution in [0.15, 0.2) is 22.3 Å². The zero-order valence-electron chi connectivity index (χ0n) is 17.1. The maximum Gasteiger partial charge on any atom is 0.334 e. The first-order chi connectivity index (χ1) is 12.5. The van der Waals surface area contributed by atoms with Gasteiger partial charge in [0.1, 0.15) is 0 Å². The Kier molecular flexibility index (Phi) is 11.0. The van der Waals surface area contributed by atoms with Gasteiger partial charge in [-0.1, -0.05) is 63.5 Å². The van der Waals surface area contributed by atoms with E-state index < -0.39 is 0 Å². The quantitative estimate of drug-likeness (QED) is 0.255. The molecule has 0 N–H and O–H groups in total. The molecule has 0 heterocycles. The van der Waals surface area contributed by atoms with Gasteiger partial charge in [-0.15, -0.1) is 0 Å². The lowest BCUT2D eigenvalue weighted by Crippen LogP contribution is -2.21. The Balaban J connectivity index is 2.65. The average Bonchev–Trinajstić information content (AvgIpc) is 2.62. The first-order valence-electron chi connectivity index (χ1n) is 10.2. The van der Waals surface area contributed by atoms with Crippen LogP contribution in [-0.4, -0.2) is 25.2 Å². The fourth-order valence-electron chi connectivity index (χ4n) is 3.00. The highest BCUT2D eigenvalue weighted by Gasteiger charge is 2.27. The number of carbonyl (C=O) groups excluding carboxylic acids is 2. The Morgan fingerprint density at radius 2 is 1.08 bits per heavy atom. The third-order valence-corrected chi connectivity index (χ3v) is 4.93. The van der Waals surface area contributed by atoms with Crippen LogP contribution in [-0.2, 0) is 19.1 Å². The lowest BCUT2D eigenvalue weighted by atomic mass is 9.87. The molecular weight excluding hydrogens is 328 g/mol. The number of allylic oxidation sites excluding steroid dienone is 2. The van der Waals surface area contributed by atoms with Crippen molar-refractivity contribution in [3.63, 3.8) is 0 Å². The van der Waals surface area contributed by atoms with Crippen molar-refractivity contribution in [1.29, 1.82) is 0 Å². The van der Waals surface area contributed by atoms with Crippen LogP contribution in [0.4, 0.5) is 0 Å². The van der Waals surface area contributed by atoms with Crippen LogP contribution in [0.1, 0.15) is 91.9 Å².